The number of rotatable bonds is 3. The lowest BCUT2D eigenvalue weighted by Gasteiger charge is -2.23. The van der Waals surface area contributed by atoms with Gasteiger partial charge in [-0.15, -0.1) is 13.2 Å². The largest absolute Gasteiger partial charge is 0.573 e. The maximum absolute atomic E-state index is 12.0. The second-order valence-corrected chi connectivity index (χ2v) is 4.01. The van der Waals surface area contributed by atoms with Gasteiger partial charge in [-0.05, 0) is 37.1 Å². The first-order valence-corrected chi connectivity index (χ1v) is 5.69. The summed E-state index contributed by atoms with van der Waals surface area (Å²) in [7, 11) is 0. The molecule has 1 saturated heterocycles. The Hall–Kier alpha value is -1.43. The highest BCUT2D eigenvalue weighted by Crippen LogP contribution is 2.25. The van der Waals surface area contributed by atoms with Crippen LogP contribution in [0.3, 0.4) is 0 Å². The summed E-state index contributed by atoms with van der Waals surface area (Å²) in [5, 5.41) is 4.20. The van der Waals surface area contributed by atoms with Crippen molar-refractivity contribution in [3.8, 4) is 11.5 Å². The summed E-state index contributed by atoms with van der Waals surface area (Å²) in [6, 6.07) is 5.45. The lowest BCUT2D eigenvalue weighted by Crippen LogP contribution is -2.30. The molecule has 1 aromatic carbocycles. The zero-order valence-corrected chi connectivity index (χ0v) is 9.61. The van der Waals surface area contributed by atoms with E-state index < -0.39 is 6.36 Å². The van der Waals surface area contributed by atoms with Crippen molar-refractivity contribution in [1.82, 2.24) is 5.32 Å². The van der Waals surface area contributed by atoms with Crippen LogP contribution in [0.15, 0.2) is 24.3 Å². The number of alkyl halides is 3. The molecule has 0 bridgehead atoms. The molecule has 99 valence electrons. The molecule has 2 rings (SSSR count). The van der Waals surface area contributed by atoms with Gasteiger partial charge in [0, 0.05) is 13.1 Å². The fraction of sp³-hybridized carbons (Fsp3) is 0.500. The minimum absolute atomic E-state index is 0.0943. The molecule has 0 N–H and O–H groups in total. The molecule has 1 aliphatic rings. The van der Waals surface area contributed by atoms with E-state index in [0.717, 1.165) is 25.9 Å². The molecular weight excluding hydrogens is 247 g/mol. The Morgan fingerprint density at radius 1 is 1.00 bits per heavy atom. The monoisotopic (exact) mass is 260 g/mol. The van der Waals surface area contributed by atoms with Crippen molar-refractivity contribution in [2.24, 2.45) is 0 Å². The van der Waals surface area contributed by atoms with E-state index in [1.165, 1.54) is 24.3 Å². The molecule has 3 nitrogen and oxygen atoms in total. The minimum Gasteiger partial charge on any atom is -0.490 e. The van der Waals surface area contributed by atoms with E-state index >= 15 is 0 Å². The van der Waals surface area contributed by atoms with Crippen molar-refractivity contribution in [2.45, 2.75) is 25.3 Å². The smallest absolute Gasteiger partial charge is 0.490 e. The topological polar surface area (TPSA) is 32.6 Å². The molecular formula is C12H13F3NO2. The summed E-state index contributed by atoms with van der Waals surface area (Å²) in [6.07, 6.45) is -2.87. The summed E-state index contributed by atoms with van der Waals surface area (Å²) in [5.41, 5.74) is 0. The van der Waals surface area contributed by atoms with Crippen LogP contribution in [0.25, 0.3) is 0 Å². The Bertz CT molecular complexity index is 372. The van der Waals surface area contributed by atoms with Crippen molar-refractivity contribution in [3.05, 3.63) is 24.3 Å². The van der Waals surface area contributed by atoms with E-state index in [9.17, 15) is 13.2 Å². The molecule has 0 aliphatic carbocycles. The number of piperidine rings is 1. The van der Waals surface area contributed by atoms with E-state index in [4.69, 9.17) is 4.74 Å². The molecule has 1 radical (unpaired) electrons. The highest BCUT2D eigenvalue weighted by Gasteiger charge is 2.31. The lowest BCUT2D eigenvalue weighted by molar-refractivity contribution is -0.274. The van der Waals surface area contributed by atoms with Crippen molar-refractivity contribution < 1.29 is 22.6 Å². The van der Waals surface area contributed by atoms with Crippen molar-refractivity contribution in [3.63, 3.8) is 0 Å². The SMILES string of the molecule is FC(F)(F)Oc1ccc(OC2CC[N]CC2)cc1. The molecule has 0 spiro atoms. The highest BCUT2D eigenvalue weighted by molar-refractivity contribution is 5.31. The van der Waals surface area contributed by atoms with Crippen LogP contribution in [0.5, 0.6) is 11.5 Å². The van der Waals surface area contributed by atoms with E-state index in [0.29, 0.717) is 5.75 Å². The standard InChI is InChI=1S/C12H13F3NO2/c13-12(14,15)18-11-3-1-9(2-4-11)17-10-5-7-16-8-6-10/h1-4,10H,5-8H2. The van der Waals surface area contributed by atoms with Crippen molar-refractivity contribution in [1.29, 1.82) is 0 Å². The van der Waals surface area contributed by atoms with Crippen LogP contribution in [0, 0.1) is 0 Å². The van der Waals surface area contributed by atoms with E-state index in [2.05, 4.69) is 10.1 Å². The van der Waals surface area contributed by atoms with E-state index in [1.54, 1.807) is 0 Å². The third-order valence-electron chi connectivity index (χ3n) is 2.58. The fourth-order valence-corrected chi connectivity index (χ4v) is 1.76. The molecule has 18 heavy (non-hydrogen) atoms. The molecule has 0 atom stereocenters. The van der Waals surface area contributed by atoms with E-state index in [-0.39, 0.29) is 11.9 Å². The molecule has 6 heteroatoms. The maximum Gasteiger partial charge on any atom is 0.573 e. The molecule has 0 unspecified atom stereocenters. The van der Waals surface area contributed by atoms with Gasteiger partial charge in [-0.25, -0.2) is 5.32 Å². The Balaban J connectivity index is 1.90. The summed E-state index contributed by atoms with van der Waals surface area (Å²) >= 11 is 0. The maximum atomic E-state index is 12.0. The molecule has 1 heterocycles. The zero-order chi connectivity index (χ0) is 13.0. The third-order valence-corrected chi connectivity index (χ3v) is 2.58. The zero-order valence-electron chi connectivity index (χ0n) is 9.61. The molecule has 1 aromatic rings. The Morgan fingerprint density at radius 3 is 2.11 bits per heavy atom. The Labute approximate surface area is 103 Å². The van der Waals surface area contributed by atoms with Crippen LogP contribution in [0.4, 0.5) is 13.2 Å². The normalized spacial score (nSPS) is 17.5. The average Bonchev–Trinajstić information content (AvgIpc) is 2.31. The summed E-state index contributed by atoms with van der Waals surface area (Å²) in [4.78, 5) is 0. The van der Waals surface area contributed by atoms with Crippen LogP contribution in [-0.4, -0.2) is 25.6 Å². The average molecular weight is 260 g/mol. The van der Waals surface area contributed by atoms with Crippen LogP contribution >= 0.6 is 0 Å². The van der Waals surface area contributed by atoms with Gasteiger partial charge in [0.1, 0.15) is 17.6 Å². The molecule has 1 aliphatic heterocycles. The lowest BCUT2D eigenvalue weighted by atomic mass is 10.1. The van der Waals surface area contributed by atoms with Gasteiger partial charge in [0.2, 0.25) is 0 Å². The Kier molecular flexibility index (Phi) is 3.96. The second kappa shape index (κ2) is 5.48. The van der Waals surface area contributed by atoms with Gasteiger partial charge in [0.15, 0.2) is 0 Å². The number of benzene rings is 1. The second-order valence-electron chi connectivity index (χ2n) is 4.01. The quantitative estimate of drug-likeness (QED) is 0.837. The summed E-state index contributed by atoms with van der Waals surface area (Å²) < 4.78 is 45.3. The van der Waals surface area contributed by atoms with Gasteiger partial charge >= 0.3 is 6.36 Å². The predicted molar refractivity (Wildman–Crippen MR) is 58.6 cm³/mol. The third kappa shape index (κ3) is 4.10. The first-order chi connectivity index (χ1) is 8.53. The number of nitrogens with zero attached hydrogens (tertiary/aromatic N) is 1. The van der Waals surface area contributed by atoms with Gasteiger partial charge in [-0.3, -0.25) is 0 Å². The van der Waals surface area contributed by atoms with Gasteiger partial charge in [0.05, 0.1) is 0 Å². The van der Waals surface area contributed by atoms with Crippen molar-refractivity contribution >= 4 is 0 Å². The number of ether oxygens (including phenoxy) is 2. The van der Waals surface area contributed by atoms with Crippen LogP contribution in [0.1, 0.15) is 12.8 Å². The number of hydrogen-bond acceptors (Lipinski definition) is 2. The molecule has 0 aromatic heterocycles. The summed E-state index contributed by atoms with van der Waals surface area (Å²) in [6.45, 7) is 1.56. The van der Waals surface area contributed by atoms with Gasteiger partial charge in [-0.1, -0.05) is 0 Å². The van der Waals surface area contributed by atoms with Crippen LogP contribution in [-0.2, 0) is 0 Å². The van der Waals surface area contributed by atoms with Crippen LogP contribution in [0.2, 0.25) is 0 Å². The fourth-order valence-electron chi connectivity index (χ4n) is 1.76. The van der Waals surface area contributed by atoms with Gasteiger partial charge in [0.25, 0.3) is 0 Å². The van der Waals surface area contributed by atoms with Crippen molar-refractivity contribution in [2.75, 3.05) is 13.1 Å². The molecule has 0 saturated carbocycles. The molecule has 0 amide bonds. The van der Waals surface area contributed by atoms with E-state index in [1.807, 2.05) is 0 Å². The number of hydrogen-bond donors (Lipinski definition) is 0. The molecule has 1 fully saturated rings. The Morgan fingerprint density at radius 2 is 1.56 bits per heavy atom. The minimum atomic E-state index is -4.66. The predicted octanol–water partition coefficient (Wildman–Crippen LogP) is 2.73. The van der Waals surface area contributed by atoms with Crippen LogP contribution < -0.4 is 14.8 Å². The van der Waals surface area contributed by atoms with Gasteiger partial charge < -0.3 is 9.47 Å². The number of halogens is 3. The first kappa shape index (κ1) is 13.0. The first-order valence-electron chi connectivity index (χ1n) is 5.69. The highest BCUT2D eigenvalue weighted by atomic mass is 19.4. The van der Waals surface area contributed by atoms with Gasteiger partial charge in [-0.2, -0.15) is 0 Å². The summed E-state index contributed by atoms with van der Waals surface area (Å²) in [5.74, 6) is 0.310.